The third-order valence-electron chi connectivity index (χ3n) is 7.70. The molecule has 0 spiro atoms. The van der Waals surface area contributed by atoms with Crippen LogP contribution in [-0.4, -0.2) is 0 Å². The maximum atomic E-state index is 6.50. The summed E-state index contributed by atoms with van der Waals surface area (Å²) in [5, 5.41) is 13.5. The Kier molecular flexibility index (Phi) is 3.84. The molecule has 0 fully saturated rings. The maximum Gasteiger partial charge on any atom is 0.0470 e. The lowest BCUT2D eigenvalue weighted by molar-refractivity contribution is 1.59. The van der Waals surface area contributed by atoms with Crippen LogP contribution in [0.25, 0.3) is 65.3 Å². The van der Waals surface area contributed by atoms with E-state index < -0.39 is 0 Å². The van der Waals surface area contributed by atoms with Crippen LogP contribution in [0.4, 0.5) is 17.1 Å². The van der Waals surface area contributed by atoms with Crippen LogP contribution in [0, 0.1) is 0 Å². The van der Waals surface area contributed by atoms with Crippen LogP contribution in [0.5, 0.6) is 0 Å². The molecule has 2 heteroatoms. The predicted molar refractivity (Wildman–Crippen MR) is 155 cm³/mol. The number of benzene rings is 7. The van der Waals surface area contributed by atoms with Crippen molar-refractivity contribution < 1.29 is 0 Å². The van der Waals surface area contributed by atoms with E-state index in [9.17, 15) is 0 Å². The minimum Gasteiger partial charge on any atom is -0.398 e. The van der Waals surface area contributed by atoms with E-state index in [1.54, 1.807) is 0 Å². The van der Waals surface area contributed by atoms with Crippen molar-refractivity contribution in [2.24, 2.45) is 0 Å². The van der Waals surface area contributed by atoms with Gasteiger partial charge >= 0.3 is 0 Å². The molecule has 7 aromatic carbocycles. The number of rotatable bonds is 2. The van der Waals surface area contributed by atoms with Gasteiger partial charge < -0.3 is 11.1 Å². The second-order valence-electron chi connectivity index (χ2n) is 9.67. The van der Waals surface area contributed by atoms with Gasteiger partial charge in [-0.2, -0.15) is 0 Å². The Hall–Kier alpha value is -4.82. The van der Waals surface area contributed by atoms with Crippen LogP contribution in [0.15, 0.2) is 115 Å². The lowest BCUT2D eigenvalue weighted by Gasteiger charge is -2.15. The zero-order valence-corrected chi connectivity index (χ0v) is 19.5. The van der Waals surface area contributed by atoms with E-state index in [-0.39, 0.29) is 0 Å². The Labute approximate surface area is 208 Å². The van der Waals surface area contributed by atoms with Crippen molar-refractivity contribution in [1.82, 2.24) is 0 Å². The Morgan fingerprint density at radius 3 is 2.11 bits per heavy atom. The van der Waals surface area contributed by atoms with Crippen LogP contribution >= 0.6 is 0 Å². The first-order valence-electron chi connectivity index (χ1n) is 12.3. The minimum absolute atomic E-state index is 0.816. The third-order valence-corrected chi connectivity index (χ3v) is 7.70. The molecule has 0 aliphatic heterocycles. The van der Waals surface area contributed by atoms with Crippen LogP contribution in [0.1, 0.15) is 0 Å². The second kappa shape index (κ2) is 7.10. The summed E-state index contributed by atoms with van der Waals surface area (Å²) >= 11 is 0. The molecule has 0 bridgehead atoms. The summed E-state index contributed by atoms with van der Waals surface area (Å²) in [5.41, 5.74) is 14.7. The molecule has 7 aromatic rings. The third kappa shape index (κ3) is 2.61. The fourth-order valence-electron chi connectivity index (χ4n) is 6.09. The van der Waals surface area contributed by atoms with Gasteiger partial charge in [-0.1, -0.05) is 91.0 Å². The van der Waals surface area contributed by atoms with Crippen molar-refractivity contribution in [2.75, 3.05) is 11.1 Å². The van der Waals surface area contributed by atoms with E-state index in [2.05, 4.69) is 115 Å². The summed E-state index contributed by atoms with van der Waals surface area (Å²) in [6.07, 6.45) is 0. The minimum atomic E-state index is 0.816. The van der Waals surface area contributed by atoms with E-state index >= 15 is 0 Å². The van der Waals surface area contributed by atoms with E-state index in [0.717, 1.165) is 22.4 Å². The van der Waals surface area contributed by atoms with E-state index in [4.69, 9.17) is 5.73 Å². The fourth-order valence-corrected chi connectivity index (χ4v) is 6.09. The van der Waals surface area contributed by atoms with Gasteiger partial charge in [0.15, 0.2) is 0 Å². The van der Waals surface area contributed by atoms with Crippen molar-refractivity contribution in [1.29, 1.82) is 0 Å². The topological polar surface area (TPSA) is 38.0 Å². The molecule has 0 radical (unpaired) electrons. The summed E-state index contributed by atoms with van der Waals surface area (Å²) < 4.78 is 0. The summed E-state index contributed by atoms with van der Waals surface area (Å²) in [7, 11) is 0. The zero-order valence-electron chi connectivity index (χ0n) is 19.5. The molecule has 3 N–H and O–H groups in total. The standard InChI is InChI=1S/C34H22N2/c35-31-19-30-25(23-7-1-3-9-26(23)31)16-13-20-12-15-22(18-29(20)30)36-32-17-14-21-6-5-11-27-24-8-2-4-10-28(24)34(32)33(21)27/h1-19,36H,35H2. The molecule has 0 heterocycles. The molecule has 0 unspecified atom stereocenters. The number of nitrogen functional groups attached to an aromatic ring is 1. The lowest BCUT2D eigenvalue weighted by Crippen LogP contribution is -1.94. The molecular weight excluding hydrogens is 436 g/mol. The number of hydrogen-bond donors (Lipinski definition) is 2. The van der Waals surface area contributed by atoms with Gasteiger partial charge in [-0.3, -0.25) is 0 Å². The predicted octanol–water partition coefficient (Wildman–Crippen LogP) is 9.27. The molecule has 36 heavy (non-hydrogen) atoms. The molecule has 168 valence electrons. The van der Waals surface area contributed by atoms with Crippen molar-refractivity contribution >= 4 is 60.2 Å². The highest BCUT2D eigenvalue weighted by Crippen LogP contribution is 2.50. The molecule has 1 aliphatic carbocycles. The number of nitrogens with one attached hydrogen (secondary N) is 1. The number of fused-ring (bicyclic) bond motifs is 8. The second-order valence-corrected chi connectivity index (χ2v) is 9.67. The Balaban J connectivity index is 1.34. The first-order valence-corrected chi connectivity index (χ1v) is 12.3. The van der Waals surface area contributed by atoms with Crippen molar-refractivity contribution in [3.63, 3.8) is 0 Å². The molecule has 2 nitrogen and oxygen atoms in total. The molecule has 1 aliphatic rings. The summed E-state index contributed by atoms with van der Waals surface area (Å²) in [4.78, 5) is 0. The van der Waals surface area contributed by atoms with Gasteiger partial charge in [0.05, 0.1) is 0 Å². The highest BCUT2D eigenvalue weighted by molar-refractivity contribution is 6.21. The van der Waals surface area contributed by atoms with Gasteiger partial charge in [-0.05, 0) is 78.7 Å². The SMILES string of the molecule is Nc1cc2c3cc(Nc4ccc5cccc6c5c4-c4ccccc4-6)ccc3ccc2c2ccccc12. The summed E-state index contributed by atoms with van der Waals surface area (Å²) in [6, 6.07) is 41.3. The maximum absolute atomic E-state index is 6.50. The first kappa shape index (κ1) is 19.5. The normalized spacial score (nSPS) is 12.0. The quantitative estimate of drug-likeness (QED) is 0.200. The van der Waals surface area contributed by atoms with Gasteiger partial charge in [-0.15, -0.1) is 0 Å². The molecule has 0 atom stereocenters. The fraction of sp³-hybridized carbons (Fsp3) is 0. The molecular formula is C34H22N2. The number of hydrogen-bond acceptors (Lipinski definition) is 2. The average molecular weight is 459 g/mol. The van der Waals surface area contributed by atoms with Gasteiger partial charge in [0.2, 0.25) is 0 Å². The average Bonchev–Trinajstić information content (AvgIpc) is 3.27. The highest BCUT2D eigenvalue weighted by atomic mass is 14.9. The molecule has 8 rings (SSSR count). The first-order chi connectivity index (χ1) is 17.8. The summed E-state index contributed by atoms with van der Waals surface area (Å²) in [5.74, 6) is 0. The lowest BCUT2D eigenvalue weighted by atomic mass is 9.95. The van der Waals surface area contributed by atoms with E-state index in [0.29, 0.717) is 0 Å². The van der Waals surface area contributed by atoms with Gasteiger partial charge in [0.25, 0.3) is 0 Å². The van der Waals surface area contributed by atoms with Gasteiger partial charge in [-0.25, -0.2) is 0 Å². The number of anilines is 3. The smallest absolute Gasteiger partial charge is 0.0470 e. The summed E-state index contributed by atoms with van der Waals surface area (Å²) in [6.45, 7) is 0. The van der Waals surface area contributed by atoms with Gasteiger partial charge in [0.1, 0.15) is 0 Å². The Bertz CT molecular complexity index is 2030. The van der Waals surface area contributed by atoms with Crippen LogP contribution < -0.4 is 11.1 Å². The number of nitrogens with two attached hydrogens (primary N) is 1. The van der Waals surface area contributed by atoms with Crippen LogP contribution in [0.2, 0.25) is 0 Å². The molecule has 0 aromatic heterocycles. The van der Waals surface area contributed by atoms with E-state index in [1.807, 2.05) is 6.07 Å². The van der Waals surface area contributed by atoms with Crippen molar-refractivity contribution in [3.8, 4) is 22.3 Å². The molecule has 0 saturated heterocycles. The Morgan fingerprint density at radius 1 is 0.472 bits per heavy atom. The monoisotopic (exact) mass is 458 g/mol. The van der Waals surface area contributed by atoms with Crippen molar-refractivity contribution in [2.45, 2.75) is 0 Å². The molecule has 0 saturated carbocycles. The Morgan fingerprint density at radius 2 is 1.19 bits per heavy atom. The van der Waals surface area contributed by atoms with Crippen LogP contribution in [-0.2, 0) is 0 Å². The zero-order chi connectivity index (χ0) is 23.8. The van der Waals surface area contributed by atoms with E-state index in [1.165, 1.54) is 60.0 Å². The highest BCUT2D eigenvalue weighted by Gasteiger charge is 2.23. The van der Waals surface area contributed by atoms with Crippen molar-refractivity contribution in [3.05, 3.63) is 115 Å². The van der Waals surface area contributed by atoms with Gasteiger partial charge in [0, 0.05) is 28.0 Å². The molecule has 0 amide bonds. The largest absolute Gasteiger partial charge is 0.398 e. The van der Waals surface area contributed by atoms with Crippen LogP contribution in [0.3, 0.4) is 0 Å².